The summed E-state index contributed by atoms with van der Waals surface area (Å²) in [4.78, 5) is 0. The predicted octanol–water partition coefficient (Wildman–Crippen LogP) is 1.99. The zero-order valence-corrected chi connectivity index (χ0v) is 9.65. The minimum atomic E-state index is -0.0753. The van der Waals surface area contributed by atoms with Gasteiger partial charge in [0.1, 0.15) is 18.1 Å². The highest BCUT2D eigenvalue weighted by molar-refractivity contribution is 5.10. The van der Waals surface area contributed by atoms with Crippen LogP contribution in [-0.2, 0) is 16.1 Å². The molecule has 1 aromatic rings. The first kappa shape index (κ1) is 11.6. The van der Waals surface area contributed by atoms with Crippen molar-refractivity contribution in [3.05, 3.63) is 23.7 Å². The molecule has 0 spiro atoms. The molecule has 1 aromatic heterocycles. The van der Waals surface area contributed by atoms with Gasteiger partial charge in [0, 0.05) is 13.7 Å². The average molecular weight is 225 g/mol. The molecule has 1 saturated heterocycles. The standard InChI is InChI=1S/C12H19NO3/c1-14-8-10-4-5-12(16-10)11(13)7-9-3-2-6-15-9/h4-5,9,11H,2-3,6-8,13H2,1H3. The van der Waals surface area contributed by atoms with E-state index in [1.165, 1.54) is 0 Å². The number of hydrogen-bond donors (Lipinski definition) is 1. The van der Waals surface area contributed by atoms with E-state index in [2.05, 4.69) is 0 Å². The molecular formula is C12H19NO3. The maximum Gasteiger partial charge on any atom is 0.129 e. The fourth-order valence-corrected chi connectivity index (χ4v) is 2.04. The molecule has 16 heavy (non-hydrogen) atoms. The molecule has 2 heterocycles. The van der Waals surface area contributed by atoms with Gasteiger partial charge in [0.15, 0.2) is 0 Å². The van der Waals surface area contributed by atoms with Gasteiger partial charge in [-0.15, -0.1) is 0 Å². The van der Waals surface area contributed by atoms with Crippen LogP contribution in [0.2, 0.25) is 0 Å². The summed E-state index contributed by atoms with van der Waals surface area (Å²) in [5.41, 5.74) is 6.07. The molecular weight excluding hydrogens is 206 g/mol. The Morgan fingerprint density at radius 3 is 3.12 bits per heavy atom. The number of hydrogen-bond acceptors (Lipinski definition) is 4. The molecule has 90 valence electrons. The zero-order valence-electron chi connectivity index (χ0n) is 9.65. The van der Waals surface area contributed by atoms with E-state index in [0.717, 1.165) is 37.4 Å². The summed E-state index contributed by atoms with van der Waals surface area (Å²) in [5, 5.41) is 0. The van der Waals surface area contributed by atoms with Gasteiger partial charge in [0.05, 0.1) is 12.1 Å². The van der Waals surface area contributed by atoms with Gasteiger partial charge in [-0.25, -0.2) is 0 Å². The summed E-state index contributed by atoms with van der Waals surface area (Å²) < 4.78 is 16.1. The van der Waals surface area contributed by atoms with Gasteiger partial charge in [-0.2, -0.15) is 0 Å². The van der Waals surface area contributed by atoms with Gasteiger partial charge in [0.2, 0.25) is 0 Å². The average Bonchev–Trinajstić information content (AvgIpc) is 2.89. The third kappa shape index (κ3) is 2.84. The molecule has 2 unspecified atom stereocenters. The van der Waals surface area contributed by atoms with E-state index in [1.807, 2.05) is 12.1 Å². The molecule has 0 saturated carbocycles. The van der Waals surface area contributed by atoms with Crippen LogP contribution in [0.4, 0.5) is 0 Å². The summed E-state index contributed by atoms with van der Waals surface area (Å²) >= 11 is 0. The molecule has 1 aliphatic heterocycles. The highest BCUT2D eigenvalue weighted by atomic mass is 16.5. The van der Waals surface area contributed by atoms with E-state index < -0.39 is 0 Å². The Bertz CT molecular complexity index is 318. The fourth-order valence-electron chi connectivity index (χ4n) is 2.04. The van der Waals surface area contributed by atoms with Gasteiger partial charge in [-0.3, -0.25) is 0 Å². The van der Waals surface area contributed by atoms with Crippen molar-refractivity contribution in [1.29, 1.82) is 0 Å². The summed E-state index contributed by atoms with van der Waals surface area (Å²) in [5.74, 6) is 1.64. The van der Waals surface area contributed by atoms with Crippen LogP contribution in [0, 0.1) is 0 Å². The second kappa shape index (κ2) is 5.48. The molecule has 1 aliphatic rings. The van der Waals surface area contributed by atoms with E-state index >= 15 is 0 Å². The van der Waals surface area contributed by atoms with Crippen molar-refractivity contribution < 1.29 is 13.9 Å². The highest BCUT2D eigenvalue weighted by Gasteiger charge is 2.21. The molecule has 2 rings (SSSR count). The van der Waals surface area contributed by atoms with Crippen molar-refractivity contribution >= 4 is 0 Å². The van der Waals surface area contributed by atoms with E-state index in [1.54, 1.807) is 7.11 Å². The summed E-state index contributed by atoms with van der Waals surface area (Å²) in [7, 11) is 1.65. The first-order chi connectivity index (χ1) is 7.79. The summed E-state index contributed by atoms with van der Waals surface area (Å²) in [6.45, 7) is 1.36. The maximum absolute atomic E-state index is 6.07. The van der Waals surface area contributed by atoms with E-state index in [-0.39, 0.29) is 6.04 Å². The molecule has 0 amide bonds. The molecule has 2 N–H and O–H groups in total. The van der Waals surface area contributed by atoms with Crippen molar-refractivity contribution in [3.8, 4) is 0 Å². The van der Waals surface area contributed by atoms with Crippen LogP contribution in [0.15, 0.2) is 16.5 Å². The van der Waals surface area contributed by atoms with Crippen LogP contribution in [0.5, 0.6) is 0 Å². The lowest BCUT2D eigenvalue weighted by Crippen LogP contribution is -2.17. The monoisotopic (exact) mass is 225 g/mol. The fraction of sp³-hybridized carbons (Fsp3) is 0.667. The first-order valence-electron chi connectivity index (χ1n) is 5.74. The smallest absolute Gasteiger partial charge is 0.129 e. The number of rotatable bonds is 5. The Morgan fingerprint density at radius 1 is 1.56 bits per heavy atom. The Morgan fingerprint density at radius 2 is 2.44 bits per heavy atom. The quantitative estimate of drug-likeness (QED) is 0.832. The number of furan rings is 1. The zero-order chi connectivity index (χ0) is 11.4. The van der Waals surface area contributed by atoms with Crippen molar-refractivity contribution in [2.24, 2.45) is 5.73 Å². The van der Waals surface area contributed by atoms with Crippen molar-refractivity contribution in [2.45, 2.75) is 38.0 Å². The van der Waals surface area contributed by atoms with Crippen molar-refractivity contribution in [3.63, 3.8) is 0 Å². The Hall–Kier alpha value is -0.840. The third-order valence-electron chi connectivity index (χ3n) is 2.88. The van der Waals surface area contributed by atoms with Crippen LogP contribution >= 0.6 is 0 Å². The maximum atomic E-state index is 6.07. The number of ether oxygens (including phenoxy) is 2. The molecule has 4 heteroatoms. The number of nitrogens with two attached hydrogens (primary N) is 1. The summed E-state index contributed by atoms with van der Waals surface area (Å²) in [6.07, 6.45) is 3.38. The molecule has 0 radical (unpaired) electrons. The lowest BCUT2D eigenvalue weighted by atomic mass is 10.1. The molecule has 0 aliphatic carbocycles. The SMILES string of the molecule is COCc1ccc(C(N)CC2CCCO2)o1. The van der Waals surface area contributed by atoms with Crippen molar-refractivity contribution in [2.75, 3.05) is 13.7 Å². The Balaban J connectivity index is 1.89. The van der Waals surface area contributed by atoms with Gasteiger partial charge in [-0.05, 0) is 31.4 Å². The van der Waals surface area contributed by atoms with E-state index in [0.29, 0.717) is 12.7 Å². The van der Waals surface area contributed by atoms with Crippen LogP contribution in [0.25, 0.3) is 0 Å². The minimum Gasteiger partial charge on any atom is -0.462 e. The first-order valence-corrected chi connectivity index (χ1v) is 5.74. The van der Waals surface area contributed by atoms with Gasteiger partial charge < -0.3 is 19.6 Å². The number of methoxy groups -OCH3 is 1. The predicted molar refractivity (Wildman–Crippen MR) is 59.9 cm³/mol. The van der Waals surface area contributed by atoms with Gasteiger partial charge >= 0.3 is 0 Å². The largest absolute Gasteiger partial charge is 0.462 e. The normalized spacial score (nSPS) is 22.5. The highest BCUT2D eigenvalue weighted by Crippen LogP contribution is 2.24. The van der Waals surface area contributed by atoms with E-state index in [4.69, 9.17) is 19.6 Å². The molecule has 0 bridgehead atoms. The second-order valence-electron chi connectivity index (χ2n) is 4.21. The molecule has 1 fully saturated rings. The lowest BCUT2D eigenvalue weighted by Gasteiger charge is -2.13. The van der Waals surface area contributed by atoms with Gasteiger partial charge in [-0.1, -0.05) is 0 Å². The summed E-state index contributed by atoms with van der Waals surface area (Å²) in [6, 6.07) is 3.76. The molecule has 0 aromatic carbocycles. The third-order valence-corrected chi connectivity index (χ3v) is 2.88. The van der Waals surface area contributed by atoms with E-state index in [9.17, 15) is 0 Å². The Kier molecular flexibility index (Phi) is 3.98. The van der Waals surface area contributed by atoms with Crippen LogP contribution in [0.3, 0.4) is 0 Å². The molecule has 2 atom stereocenters. The molecule has 4 nitrogen and oxygen atoms in total. The van der Waals surface area contributed by atoms with Crippen molar-refractivity contribution in [1.82, 2.24) is 0 Å². The minimum absolute atomic E-state index is 0.0753. The lowest BCUT2D eigenvalue weighted by molar-refractivity contribution is 0.0956. The van der Waals surface area contributed by atoms with Crippen LogP contribution in [0.1, 0.15) is 36.8 Å². The van der Waals surface area contributed by atoms with Crippen LogP contribution in [-0.4, -0.2) is 19.8 Å². The second-order valence-corrected chi connectivity index (χ2v) is 4.21. The topological polar surface area (TPSA) is 57.6 Å². The Labute approximate surface area is 95.7 Å². The van der Waals surface area contributed by atoms with Crippen LogP contribution < -0.4 is 5.73 Å². The van der Waals surface area contributed by atoms with Gasteiger partial charge in [0.25, 0.3) is 0 Å².